The number of benzene rings is 1. The Bertz CT molecular complexity index is 474. The normalized spacial score (nSPS) is 13.4. The smallest absolute Gasteiger partial charge is 0.141 e. The maximum absolute atomic E-state index is 6.65. The van der Waals surface area contributed by atoms with Gasteiger partial charge in [0.15, 0.2) is 0 Å². The van der Waals surface area contributed by atoms with E-state index in [0.29, 0.717) is 0 Å². The largest absolute Gasteiger partial charge is 0.495 e. The lowest BCUT2D eigenvalue weighted by molar-refractivity contribution is 0.104. The highest BCUT2D eigenvalue weighted by atomic mass is 79.9. The number of nitrogens with zero attached hydrogens (tertiary/aromatic N) is 1. The average molecular weight is 359 g/mol. The number of hydrogen-bond acceptors (Lipinski definition) is 4. The Morgan fingerprint density at radius 1 is 1.19 bits per heavy atom. The first-order valence-electron chi connectivity index (χ1n) is 7.22. The summed E-state index contributed by atoms with van der Waals surface area (Å²) >= 11 is 3.55. The van der Waals surface area contributed by atoms with Crippen molar-refractivity contribution in [2.24, 2.45) is 5.73 Å². The summed E-state index contributed by atoms with van der Waals surface area (Å²) in [6.07, 6.45) is 1.93. The van der Waals surface area contributed by atoms with Crippen LogP contribution in [0, 0.1) is 0 Å². The summed E-state index contributed by atoms with van der Waals surface area (Å²) in [5, 5.41) is 0. The van der Waals surface area contributed by atoms with Crippen LogP contribution in [0.25, 0.3) is 0 Å². The van der Waals surface area contributed by atoms with E-state index >= 15 is 0 Å². The number of hydrogen-bond donors (Lipinski definition) is 1. The molecular formula is C16H27BrN2O2. The molecule has 1 rings (SSSR count). The fourth-order valence-electron chi connectivity index (χ4n) is 3.05. The van der Waals surface area contributed by atoms with E-state index in [1.165, 1.54) is 0 Å². The van der Waals surface area contributed by atoms with Gasteiger partial charge in [-0.05, 0) is 55.0 Å². The molecular weight excluding hydrogens is 332 g/mol. The third-order valence-corrected chi connectivity index (χ3v) is 5.30. The molecule has 4 nitrogen and oxygen atoms in total. The van der Waals surface area contributed by atoms with Crippen LogP contribution in [0.15, 0.2) is 16.6 Å². The molecule has 0 saturated carbocycles. The van der Waals surface area contributed by atoms with E-state index < -0.39 is 0 Å². The Labute approximate surface area is 136 Å². The molecule has 0 spiro atoms. The highest BCUT2D eigenvalue weighted by Crippen LogP contribution is 2.44. The summed E-state index contributed by atoms with van der Waals surface area (Å²) in [6, 6.07) is 3.77. The van der Waals surface area contributed by atoms with Gasteiger partial charge in [-0.3, -0.25) is 0 Å². The van der Waals surface area contributed by atoms with Gasteiger partial charge in [0, 0.05) is 11.1 Å². The van der Waals surface area contributed by atoms with Crippen LogP contribution in [0.3, 0.4) is 0 Å². The van der Waals surface area contributed by atoms with Crippen molar-refractivity contribution in [1.82, 2.24) is 4.90 Å². The van der Waals surface area contributed by atoms with Crippen molar-refractivity contribution in [3.05, 3.63) is 22.2 Å². The Morgan fingerprint density at radius 3 is 2.14 bits per heavy atom. The van der Waals surface area contributed by atoms with Crippen LogP contribution in [0.2, 0.25) is 0 Å². The lowest BCUT2D eigenvalue weighted by Crippen LogP contribution is -2.51. The van der Waals surface area contributed by atoms with Crippen LogP contribution in [-0.4, -0.2) is 38.8 Å². The van der Waals surface area contributed by atoms with E-state index in [0.717, 1.165) is 34.4 Å². The van der Waals surface area contributed by atoms with Crippen LogP contribution in [0.4, 0.5) is 0 Å². The molecule has 0 fully saturated rings. The van der Waals surface area contributed by atoms with Crippen molar-refractivity contribution in [1.29, 1.82) is 0 Å². The lowest BCUT2D eigenvalue weighted by atomic mass is 9.80. The first kappa shape index (κ1) is 18.3. The molecule has 0 radical (unpaired) electrons. The van der Waals surface area contributed by atoms with E-state index in [4.69, 9.17) is 15.2 Å². The molecule has 0 amide bonds. The summed E-state index contributed by atoms with van der Waals surface area (Å²) in [4.78, 5) is 2.22. The fraction of sp³-hybridized carbons (Fsp3) is 0.625. The van der Waals surface area contributed by atoms with E-state index in [1.807, 2.05) is 12.1 Å². The maximum Gasteiger partial charge on any atom is 0.141 e. The van der Waals surface area contributed by atoms with Crippen molar-refractivity contribution in [3.8, 4) is 11.5 Å². The Hall–Kier alpha value is -0.780. The quantitative estimate of drug-likeness (QED) is 0.808. The number of halogens is 1. The second kappa shape index (κ2) is 7.47. The molecule has 0 bridgehead atoms. The Kier molecular flexibility index (Phi) is 6.50. The van der Waals surface area contributed by atoms with E-state index in [-0.39, 0.29) is 11.6 Å². The monoisotopic (exact) mass is 358 g/mol. The van der Waals surface area contributed by atoms with E-state index in [1.54, 1.807) is 14.2 Å². The maximum atomic E-state index is 6.65. The van der Waals surface area contributed by atoms with E-state index in [9.17, 15) is 0 Å². The van der Waals surface area contributed by atoms with E-state index in [2.05, 4.69) is 48.8 Å². The van der Waals surface area contributed by atoms with Gasteiger partial charge in [0.25, 0.3) is 0 Å². The predicted octanol–water partition coefficient (Wildman–Crippen LogP) is 3.59. The molecule has 1 unspecified atom stereocenters. The number of nitrogens with two attached hydrogens (primary N) is 1. The number of ether oxygens (including phenoxy) is 2. The SMILES string of the molecule is CCC(CC)(C(N)c1ccc(OC)c(Br)c1OC)N(C)C. The molecule has 0 aliphatic carbocycles. The first-order chi connectivity index (χ1) is 9.89. The van der Waals surface area contributed by atoms with Crippen LogP contribution in [0.5, 0.6) is 11.5 Å². The molecule has 0 aliphatic heterocycles. The Balaban J connectivity index is 3.41. The van der Waals surface area contributed by atoms with Crippen LogP contribution < -0.4 is 15.2 Å². The zero-order valence-corrected chi connectivity index (χ0v) is 15.5. The zero-order chi connectivity index (χ0) is 16.2. The third-order valence-electron chi connectivity index (χ3n) is 4.55. The molecule has 5 heteroatoms. The van der Waals surface area contributed by atoms with Crippen molar-refractivity contribution in [2.45, 2.75) is 38.3 Å². The van der Waals surface area contributed by atoms with Gasteiger partial charge in [-0.1, -0.05) is 13.8 Å². The average Bonchev–Trinajstić information content (AvgIpc) is 2.48. The van der Waals surface area contributed by atoms with Gasteiger partial charge in [0.05, 0.1) is 20.3 Å². The topological polar surface area (TPSA) is 47.7 Å². The standard InChI is InChI=1S/C16H27BrN2O2/c1-7-16(8-2,19(3)4)15(18)11-9-10-12(20-5)13(17)14(11)21-6/h9-10,15H,7-8,18H2,1-6H3. The van der Waals surface area contributed by atoms with Crippen LogP contribution >= 0.6 is 15.9 Å². The molecule has 0 aliphatic rings. The molecule has 1 aromatic rings. The summed E-state index contributed by atoms with van der Waals surface area (Å²) in [5.41, 5.74) is 7.53. The summed E-state index contributed by atoms with van der Waals surface area (Å²) in [5.74, 6) is 1.49. The zero-order valence-electron chi connectivity index (χ0n) is 13.9. The lowest BCUT2D eigenvalue weighted by Gasteiger charge is -2.44. The van der Waals surface area contributed by atoms with Crippen molar-refractivity contribution in [3.63, 3.8) is 0 Å². The molecule has 120 valence electrons. The van der Waals surface area contributed by atoms with Crippen molar-refractivity contribution < 1.29 is 9.47 Å². The van der Waals surface area contributed by atoms with Gasteiger partial charge >= 0.3 is 0 Å². The fourth-order valence-corrected chi connectivity index (χ4v) is 3.74. The first-order valence-corrected chi connectivity index (χ1v) is 8.02. The summed E-state index contributed by atoms with van der Waals surface area (Å²) in [7, 11) is 7.46. The van der Waals surface area contributed by atoms with Gasteiger partial charge in [0.1, 0.15) is 16.0 Å². The van der Waals surface area contributed by atoms with Crippen molar-refractivity contribution in [2.75, 3.05) is 28.3 Å². The van der Waals surface area contributed by atoms with Crippen molar-refractivity contribution >= 4 is 15.9 Å². The molecule has 1 aromatic carbocycles. The molecule has 0 heterocycles. The minimum absolute atomic E-state index is 0.110. The van der Waals surface area contributed by atoms with Gasteiger partial charge in [-0.15, -0.1) is 0 Å². The van der Waals surface area contributed by atoms with Gasteiger partial charge < -0.3 is 20.1 Å². The number of rotatable bonds is 7. The minimum atomic E-state index is -0.153. The molecule has 0 aromatic heterocycles. The highest BCUT2D eigenvalue weighted by molar-refractivity contribution is 9.10. The van der Waals surface area contributed by atoms with Crippen LogP contribution in [0.1, 0.15) is 38.3 Å². The van der Waals surface area contributed by atoms with Gasteiger partial charge in [-0.2, -0.15) is 0 Å². The second-order valence-corrected chi connectivity index (χ2v) is 6.18. The molecule has 2 N–H and O–H groups in total. The molecule has 1 atom stereocenters. The predicted molar refractivity (Wildman–Crippen MR) is 91.2 cm³/mol. The van der Waals surface area contributed by atoms with Crippen LogP contribution in [-0.2, 0) is 0 Å². The molecule has 21 heavy (non-hydrogen) atoms. The minimum Gasteiger partial charge on any atom is -0.495 e. The Morgan fingerprint density at radius 2 is 1.76 bits per heavy atom. The number of likely N-dealkylation sites (N-methyl/N-ethyl adjacent to an activating group) is 1. The number of methoxy groups -OCH3 is 2. The van der Waals surface area contributed by atoms with Gasteiger partial charge in [-0.25, -0.2) is 0 Å². The second-order valence-electron chi connectivity index (χ2n) is 5.39. The summed E-state index contributed by atoms with van der Waals surface area (Å²) in [6.45, 7) is 4.35. The summed E-state index contributed by atoms with van der Waals surface area (Å²) < 4.78 is 11.7. The van der Waals surface area contributed by atoms with Gasteiger partial charge in [0.2, 0.25) is 0 Å². The highest BCUT2D eigenvalue weighted by Gasteiger charge is 2.38. The third kappa shape index (κ3) is 3.20. The molecule has 0 saturated heterocycles.